The Labute approximate surface area is 114 Å². The minimum atomic E-state index is 0.167. The van der Waals surface area contributed by atoms with E-state index >= 15 is 0 Å². The van der Waals surface area contributed by atoms with Gasteiger partial charge in [-0.25, -0.2) is 0 Å². The van der Waals surface area contributed by atoms with Crippen molar-refractivity contribution in [2.75, 3.05) is 13.2 Å². The second kappa shape index (κ2) is 6.39. The van der Waals surface area contributed by atoms with Crippen molar-refractivity contribution in [2.24, 2.45) is 0 Å². The Hall–Kier alpha value is -1.80. The van der Waals surface area contributed by atoms with Crippen LogP contribution in [0.4, 0.5) is 0 Å². The molecule has 0 aromatic heterocycles. The lowest BCUT2D eigenvalue weighted by Gasteiger charge is -2.08. The number of hydrogen-bond acceptors (Lipinski definition) is 2. The second-order valence-corrected chi connectivity index (χ2v) is 4.83. The number of ether oxygens (including phenoxy) is 1. The number of rotatable bonds is 5. The van der Waals surface area contributed by atoms with Gasteiger partial charge in [-0.3, -0.25) is 0 Å². The molecular weight excluding hydrogens is 236 g/mol. The Bertz CT molecular complexity index is 509. The molecule has 0 fully saturated rings. The average molecular weight is 256 g/mol. The van der Waals surface area contributed by atoms with Gasteiger partial charge in [0, 0.05) is 13.0 Å². The van der Waals surface area contributed by atoms with Crippen LogP contribution in [0.15, 0.2) is 42.5 Å². The number of benzene rings is 2. The maximum Gasteiger partial charge on any atom is 0.119 e. The monoisotopic (exact) mass is 256 g/mol. The lowest BCUT2D eigenvalue weighted by Crippen LogP contribution is -1.99. The molecule has 0 unspecified atom stereocenters. The van der Waals surface area contributed by atoms with Crippen molar-refractivity contribution in [3.05, 3.63) is 53.6 Å². The maximum absolute atomic E-state index is 8.71. The lowest BCUT2D eigenvalue weighted by atomic mass is 10.0. The van der Waals surface area contributed by atoms with Crippen molar-refractivity contribution in [1.29, 1.82) is 0 Å². The van der Waals surface area contributed by atoms with Crippen LogP contribution in [0.25, 0.3) is 11.1 Å². The number of aliphatic hydroxyl groups excluding tert-OH is 1. The summed E-state index contributed by atoms with van der Waals surface area (Å²) in [5.41, 5.74) is 4.98. The first-order valence-corrected chi connectivity index (χ1v) is 6.61. The van der Waals surface area contributed by atoms with Crippen LogP contribution in [-0.2, 0) is 0 Å². The highest BCUT2D eigenvalue weighted by Crippen LogP contribution is 2.24. The van der Waals surface area contributed by atoms with E-state index in [1.807, 2.05) is 12.1 Å². The molecule has 1 N–H and O–H groups in total. The SMILES string of the molecule is Cc1cc(C)cc(-c2ccc(OCCCO)cc2)c1. The van der Waals surface area contributed by atoms with Gasteiger partial charge in [0.1, 0.15) is 5.75 Å². The summed E-state index contributed by atoms with van der Waals surface area (Å²) in [7, 11) is 0. The second-order valence-electron chi connectivity index (χ2n) is 4.83. The van der Waals surface area contributed by atoms with E-state index in [0.717, 1.165) is 5.75 Å². The standard InChI is InChI=1S/C17H20O2/c1-13-10-14(2)12-16(11-13)15-4-6-17(7-5-15)19-9-3-8-18/h4-7,10-12,18H,3,8-9H2,1-2H3. The zero-order chi connectivity index (χ0) is 13.7. The molecule has 2 aromatic rings. The predicted molar refractivity (Wildman–Crippen MR) is 78.5 cm³/mol. The normalized spacial score (nSPS) is 10.5. The third kappa shape index (κ3) is 3.83. The molecule has 19 heavy (non-hydrogen) atoms. The first-order valence-electron chi connectivity index (χ1n) is 6.61. The summed E-state index contributed by atoms with van der Waals surface area (Å²) < 4.78 is 5.52. The van der Waals surface area contributed by atoms with E-state index in [4.69, 9.17) is 9.84 Å². The molecule has 2 heteroatoms. The van der Waals surface area contributed by atoms with Gasteiger partial charge in [-0.05, 0) is 37.1 Å². The highest BCUT2D eigenvalue weighted by atomic mass is 16.5. The van der Waals surface area contributed by atoms with Gasteiger partial charge in [-0.15, -0.1) is 0 Å². The van der Waals surface area contributed by atoms with Crippen molar-refractivity contribution in [2.45, 2.75) is 20.3 Å². The first kappa shape index (κ1) is 13.6. The van der Waals surface area contributed by atoms with Gasteiger partial charge in [0.05, 0.1) is 6.61 Å². The van der Waals surface area contributed by atoms with Crippen LogP contribution in [0, 0.1) is 13.8 Å². The molecule has 0 radical (unpaired) electrons. The fraction of sp³-hybridized carbons (Fsp3) is 0.294. The molecule has 0 aliphatic heterocycles. The van der Waals surface area contributed by atoms with Crippen molar-refractivity contribution in [3.63, 3.8) is 0 Å². The van der Waals surface area contributed by atoms with Gasteiger partial charge >= 0.3 is 0 Å². The largest absolute Gasteiger partial charge is 0.494 e. The minimum Gasteiger partial charge on any atom is -0.494 e. The maximum atomic E-state index is 8.71. The summed E-state index contributed by atoms with van der Waals surface area (Å²) >= 11 is 0. The molecule has 0 amide bonds. The number of aryl methyl sites for hydroxylation is 2. The molecule has 0 aliphatic rings. The molecule has 2 rings (SSSR count). The summed E-state index contributed by atoms with van der Waals surface area (Å²) in [5.74, 6) is 0.849. The Morgan fingerprint density at radius 3 is 2.11 bits per heavy atom. The predicted octanol–water partition coefficient (Wildman–Crippen LogP) is 3.73. The molecule has 0 spiro atoms. The quantitative estimate of drug-likeness (QED) is 0.826. The number of hydrogen-bond donors (Lipinski definition) is 1. The van der Waals surface area contributed by atoms with Crippen molar-refractivity contribution in [3.8, 4) is 16.9 Å². The Morgan fingerprint density at radius 1 is 0.895 bits per heavy atom. The van der Waals surface area contributed by atoms with Crippen molar-refractivity contribution in [1.82, 2.24) is 0 Å². The van der Waals surface area contributed by atoms with E-state index < -0.39 is 0 Å². The molecule has 0 heterocycles. The molecular formula is C17H20O2. The molecule has 0 saturated carbocycles. The zero-order valence-electron chi connectivity index (χ0n) is 11.5. The zero-order valence-corrected chi connectivity index (χ0v) is 11.5. The van der Waals surface area contributed by atoms with E-state index in [1.54, 1.807) is 0 Å². The Balaban J connectivity index is 2.13. The van der Waals surface area contributed by atoms with Crippen molar-refractivity contribution >= 4 is 0 Å². The van der Waals surface area contributed by atoms with Crippen LogP contribution in [0.2, 0.25) is 0 Å². The van der Waals surface area contributed by atoms with Crippen molar-refractivity contribution < 1.29 is 9.84 Å². The van der Waals surface area contributed by atoms with E-state index in [2.05, 4.69) is 44.2 Å². The lowest BCUT2D eigenvalue weighted by molar-refractivity contribution is 0.233. The summed E-state index contributed by atoms with van der Waals surface area (Å²) in [6.45, 7) is 4.95. The fourth-order valence-electron chi connectivity index (χ4n) is 2.14. The summed E-state index contributed by atoms with van der Waals surface area (Å²) in [4.78, 5) is 0. The van der Waals surface area contributed by atoms with Crippen LogP contribution < -0.4 is 4.74 Å². The summed E-state index contributed by atoms with van der Waals surface area (Å²) in [6, 6.07) is 14.7. The van der Waals surface area contributed by atoms with Gasteiger partial charge in [-0.2, -0.15) is 0 Å². The highest BCUT2D eigenvalue weighted by molar-refractivity contribution is 5.65. The third-order valence-electron chi connectivity index (χ3n) is 2.98. The van der Waals surface area contributed by atoms with Gasteiger partial charge in [0.2, 0.25) is 0 Å². The van der Waals surface area contributed by atoms with Crippen LogP contribution in [0.3, 0.4) is 0 Å². The fourth-order valence-corrected chi connectivity index (χ4v) is 2.14. The van der Waals surface area contributed by atoms with Crippen LogP contribution in [0.5, 0.6) is 5.75 Å². The molecule has 0 bridgehead atoms. The molecule has 2 aromatic carbocycles. The Kier molecular flexibility index (Phi) is 4.58. The van der Waals surface area contributed by atoms with E-state index in [-0.39, 0.29) is 6.61 Å². The summed E-state index contributed by atoms with van der Waals surface area (Å²) in [5, 5.41) is 8.71. The third-order valence-corrected chi connectivity index (χ3v) is 2.98. The first-order chi connectivity index (χ1) is 9.19. The molecule has 100 valence electrons. The topological polar surface area (TPSA) is 29.5 Å². The minimum absolute atomic E-state index is 0.167. The van der Waals surface area contributed by atoms with Gasteiger partial charge in [0.15, 0.2) is 0 Å². The van der Waals surface area contributed by atoms with E-state index in [0.29, 0.717) is 13.0 Å². The van der Waals surface area contributed by atoms with Crippen LogP contribution in [-0.4, -0.2) is 18.3 Å². The van der Waals surface area contributed by atoms with Crippen LogP contribution >= 0.6 is 0 Å². The molecule has 0 aliphatic carbocycles. The van der Waals surface area contributed by atoms with Gasteiger partial charge in [0.25, 0.3) is 0 Å². The van der Waals surface area contributed by atoms with E-state index in [9.17, 15) is 0 Å². The molecule has 0 saturated heterocycles. The summed E-state index contributed by atoms with van der Waals surface area (Å²) in [6.07, 6.45) is 0.666. The van der Waals surface area contributed by atoms with Gasteiger partial charge in [-0.1, -0.05) is 41.5 Å². The van der Waals surface area contributed by atoms with E-state index in [1.165, 1.54) is 22.3 Å². The number of aliphatic hydroxyl groups is 1. The molecule has 0 atom stereocenters. The van der Waals surface area contributed by atoms with Crippen LogP contribution in [0.1, 0.15) is 17.5 Å². The highest BCUT2D eigenvalue weighted by Gasteiger charge is 2.00. The smallest absolute Gasteiger partial charge is 0.119 e. The molecule has 2 nitrogen and oxygen atoms in total. The Morgan fingerprint density at radius 2 is 1.53 bits per heavy atom. The van der Waals surface area contributed by atoms with Gasteiger partial charge < -0.3 is 9.84 Å². The average Bonchev–Trinajstić information content (AvgIpc) is 2.39.